The van der Waals surface area contributed by atoms with Crippen LogP contribution in [0.4, 0.5) is 10.1 Å². The van der Waals surface area contributed by atoms with Crippen molar-refractivity contribution in [2.75, 3.05) is 12.4 Å². The second-order valence-corrected chi connectivity index (χ2v) is 4.04. The molecule has 0 unspecified atom stereocenters. The number of carbonyl (C=O) groups is 2. The van der Waals surface area contributed by atoms with Gasteiger partial charge >= 0.3 is 5.97 Å². The number of hydrogen-bond acceptors (Lipinski definition) is 4. The van der Waals surface area contributed by atoms with Crippen molar-refractivity contribution in [2.24, 2.45) is 0 Å². The summed E-state index contributed by atoms with van der Waals surface area (Å²) in [5.41, 5.74) is -0.0880. The van der Waals surface area contributed by atoms with Gasteiger partial charge in [0.05, 0.1) is 23.9 Å². The second kappa shape index (κ2) is 6.00. The van der Waals surface area contributed by atoms with E-state index in [4.69, 9.17) is 9.84 Å². The zero-order valence-corrected chi connectivity index (χ0v) is 11.0. The van der Waals surface area contributed by atoms with Gasteiger partial charge in [0.1, 0.15) is 5.82 Å². The number of aromatic carboxylic acids is 1. The Balaban J connectivity index is 2.17. The number of nitrogens with zero attached hydrogens (tertiary/aromatic N) is 1. The minimum absolute atomic E-state index is 0.110. The van der Waals surface area contributed by atoms with Crippen LogP contribution >= 0.6 is 0 Å². The number of nitrogens with one attached hydrogen (secondary N) is 1. The standard InChI is InChI=1S/C14H11FN2O4/c1-21-12-5-3-9(7-16-12)13(18)17-11-4-2-8(14(19)20)6-10(11)15/h2-7H,1H3,(H,17,18)(H,19,20). The predicted molar refractivity (Wildman–Crippen MR) is 72.1 cm³/mol. The van der Waals surface area contributed by atoms with Crippen LogP contribution in [0.3, 0.4) is 0 Å². The highest BCUT2D eigenvalue weighted by Gasteiger charge is 2.12. The first-order valence-corrected chi connectivity index (χ1v) is 5.85. The Hall–Kier alpha value is -2.96. The number of pyridine rings is 1. The third-order valence-electron chi connectivity index (χ3n) is 2.67. The number of rotatable bonds is 4. The van der Waals surface area contributed by atoms with E-state index in [0.29, 0.717) is 5.88 Å². The summed E-state index contributed by atoms with van der Waals surface area (Å²) in [5, 5.41) is 11.1. The fraction of sp³-hybridized carbons (Fsp3) is 0.0714. The van der Waals surface area contributed by atoms with Crippen LogP contribution < -0.4 is 10.1 Å². The first kappa shape index (κ1) is 14.4. The molecular formula is C14H11FN2O4. The fourth-order valence-corrected chi connectivity index (χ4v) is 1.58. The molecule has 2 N–H and O–H groups in total. The molecule has 2 aromatic rings. The Morgan fingerprint density at radius 3 is 2.48 bits per heavy atom. The number of aromatic nitrogens is 1. The number of hydrogen-bond donors (Lipinski definition) is 2. The van der Waals surface area contributed by atoms with Crippen molar-refractivity contribution in [1.82, 2.24) is 4.98 Å². The molecule has 1 aromatic heterocycles. The summed E-state index contributed by atoms with van der Waals surface area (Å²) < 4.78 is 18.6. The van der Waals surface area contributed by atoms with Crippen LogP contribution in [0.15, 0.2) is 36.5 Å². The molecule has 0 aliphatic rings. The maximum absolute atomic E-state index is 13.7. The quantitative estimate of drug-likeness (QED) is 0.901. The van der Waals surface area contributed by atoms with E-state index in [1.54, 1.807) is 0 Å². The van der Waals surface area contributed by atoms with Gasteiger partial charge in [0.15, 0.2) is 0 Å². The molecule has 0 spiro atoms. The Labute approximate surface area is 119 Å². The maximum Gasteiger partial charge on any atom is 0.335 e. The van der Waals surface area contributed by atoms with Gasteiger partial charge in [-0.25, -0.2) is 14.2 Å². The lowest BCUT2D eigenvalue weighted by atomic mass is 10.2. The predicted octanol–water partition coefficient (Wildman–Crippen LogP) is 2.18. The van der Waals surface area contributed by atoms with Gasteiger partial charge < -0.3 is 15.2 Å². The normalized spacial score (nSPS) is 10.0. The molecule has 0 saturated carbocycles. The number of amides is 1. The van der Waals surface area contributed by atoms with Gasteiger partial charge in [-0.2, -0.15) is 0 Å². The van der Waals surface area contributed by atoms with E-state index >= 15 is 0 Å². The topological polar surface area (TPSA) is 88.5 Å². The Morgan fingerprint density at radius 2 is 1.95 bits per heavy atom. The molecule has 0 atom stereocenters. The summed E-state index contributed by atoms with van der Waals surface area (Å²) in [5.74, 6) is -2.29. The molecule has 6 nitrogen and oxygen atoms in total. The Bertz CT molecular complexity index is 686. The van der Waals surface area contributed by atoms with E-state index in [0.717, 1.165) is 6.07 Å². The van der Waals surface area contributed by atoms with Gasteiger partial charge in [-0.3, -0.25) is 4.79 Å². The number of carboxylic acids is 1. The summed E-state index contributed by atoms with van der Waals surface area (Å²) in [6.45, 7) is 0. The first-order valence-electron chi connectivity index (χ1n) is 5.85. The highest BCUT2D eigenvalue weighted by atomic mass is 19.1. The lowest BCUT2D eigenvalue weighted by Gasteiger charge is -2.07. The van der Waals surface area contributed by atoms with Crippen molar-refractivity contribution in [2.45, 2.75) is 0 Å². The van der Waals surface area contributed by atoms with Gasteiger partial charge in [0.25, 0.3) is 5.91 Å². The smallest absolute Gasteiger partial charge is 0.335 e. The Kier molecular flexibility index (Phi) is 4.13. The van der Waals surface area contributed by atoms with Crippen molar-refractivity contribution >= 4 is 17.6 Å². The Morgan fingerprint density at radius 1 is 1.24 bits per heavy atom. The molecule has 0 aliphatic heterocycles. The average Bonchev–Trinajstić information content (AvgIpc) is 2.49. The second-order valence-electron chi connectivity index (χ2n) is 4.04. The van der Waals surface area contributed by atoms with Crippen LogP contribution in [0.25, 0.3) is 0 Å². The summed E-state index contributed by atoms with van der Waals surface area (Å²) >= 11 is 0. The summed E-state index contributed by atoms with van der Waals surface area (Å²) in [6, 6.07) is 6.20. The van der Waals surface area contributed by atoms with Crippen LogP contribution in [0, 0.1) is 5.82 Å². The van der Waals surface area contributed by atoms with E-state index in [1.807, 2.05) is 0 Å². The van der Waals surface area contributed by atoms with Gasteiger partial charge in [0.2, 0.25) is 5.88 Å². The minimum Gasteiger partial charge on any atom is -0.481 e. The van der Waals surface area contributed by atoms with Crippen molar-refractivity contribution in [1.29, 1.82) is 0 Å². The number of anilines is 1. The highest BCUT2D eigenvalue weighted by Crippen LogP contribution is 2.17. The molecule has 108 valence electrons. The summed E-state index contributed by atoms with van der Waals surface area (Å²) in [6.07, 6.45) is 1.29. The maximum atomic E-state index is 13.7. The SMILES string of the molecule is COc1ccc(C(=O)Nc2ccc(C(=O)O)cc2F)cn1. The zero-order chi connectivity index (χ0) is 15.4. The number of benzene rings is 1. The van der Waals surface area contributed by atoms with E-state index in [2.05, 4.69) is 10.3 Å². The van der Waals surface area contributed by atoms with Crippen LogP contribution in [-0.2, 0) is 0 Å². The van der Waals surface area contributed by atoms with E-state index < -0.39 is 17.7 Å². The van der Waals surface area contributed by atoms with E-state index in [9.17, 15) is 14.0 Å². The molecule has 0 aliphatic carbocycles. The third kappa shape index (κ3) is 3.33. The van der Waals surface area contributed by atoms with Gasteiger partial charge in [-0.1, -0.05) is 0 Å². The van der Waals surface area contributed by atoms with Gasteiger partial charge in [-0.05, 0) is 24.3 Å². The molecule has 0 bridgehead atoms. The lowest BCUT2D eigenvalue weighted by molar-refractivity contribution is 0.0696. The molecule has 2 rings (SSSR count). The number of carboxylic acid groups (broad SMARTS) is 1. The largest absolute Gasteiger partial charge is 0.481 e. The van der Waals surface area contributed by atoms with Crippen LogP contribution in [0.1, 0.15) is 20.7 Å². The summed E-state index contributed by atoms with van der Waals surface area (Å²) in [7, 11) is 1.45. The monoisotopic (exact) mass is 290 g/mol. The molecule has 21 heavy (non-hydrogen) atoms. The molecule has 1 aromatic carbocycles. The van der Waals surface area contributed by atoms with Crippen molar-refractivity contribution in [3.8, 4) is 5.88 Å². The van der Waals surface area contributed by atoms with Crippen molar-refractivity contribution < 1.29 is 23.8 Å². The minimum atomic E-state index is -1.24. The van der Waals surface area contributed by atoms with Crippen LogP contribution in [0.2, 0.25) is 0 Å². The average molecular weight is 290 g/mol. The molecule has 0 radical (unpaired) electrons. The van der Waals surface area contributed by atoms with E-state index in [1.165, 1.54) is 37.6 Å². The molecule has 0 saturated heterocycles. The van der Waals surface area contributed by atoms with Gasteiger partial charge in [-0.15, -0.1) is 0 Å². The van der Waals surface area contributed by atoms with E-state index in [-0.39, 0.29) is 16.8 Å². The lowest BCUT2D eigenvalue weighted by Crippen LogP contribution is -2.13. The molecule has 1 amide bonds. The molecule has 7 heteroatoms. The zero-order valence-electron chi connectivity index (χ0n) is 11.0. The number of ether oxygens (including phenoxy) is 1. The fourth-order valence-electron chi connectivity index (χ4n) is 1.58. The van der Waals surface area contributed by atoms with Crippen molar-refractivity contribution in [3.05, 3.63) is 53.5 Å². The molecular weight excluding hydrogens is 279 g/mol. The van der Waals surface area contributed by atoms with Crippen molar-refractivity contribution in [3.63, 3.8) is 0 Å². The summed E-state index contributed by atoms with van der Waals surface area (Å²) in [4.78, 5) is 26.5. The molecule has 0 fully saturated rings. The van der Waals surface area contributed by atoms with Crippen LogP contribution in [0.5, 0.6) is 5.88 Å². The van der Waals surface area contributed by atoms with Crippen LogP contribution in [-0.4, -0.2) is 29.1 Å². The third-order valence-corrected chi connectivity index (χ3v) is 2.67. The highest BCUT2D eigenvalue weighted by molar-refractivity contribution is 6.04. The molecule has 1 heterocycles. The first-order chi connectivity index (χ1) is 10.0. The number of methoxy groups -OCH3 is 1. The number of carbonyl (C=O) groups excluding carboxylic acids is 1. The number of halogens is 1. The van der Waals surface area contributed by atoms with Gasteiger partial charge in [0, 0.05) is 12.3 Å².